The predicted octanol–water partition coefficient (Wildman–Crippen LogP) is 3.05. The van der Waals surface area contributed by atoms with E-state index in [0.717, 1.165) is 24.3 Å². The summed E-state index contributed by atoms with van der Waals surface area (Å²) in [6, 6.07) is 5.38. The molecule has 0 spiro atoms. The van der Waals surface area contributed by atoms with Crippen molar-refractivity contribution in [2.24, 2.45) is 5.92 Å². The molecule has 8 heteroatoms. The third-order valence-electron chi connectivity index (χ3n) is 4.30. The van der Waals surface area contributed by atoms with Gasteiger partial charge < -0.3 is 10.2 Å². The van der Waals surface area contributed by atoms with Crippen LogP contribution in [0.15, 0.2) is 36.4 Å². The normalized spacial score (nSPS) is 19.7. The zero-order valence-electron chi connectivity index (χ0n) is 13.6. The maximum absolute atomic E-state index is 13.7. The van der Waals surface area contributed by atoms with E-state index in [1.807, 2.05) is 0 Å². The van der Waals surface area contributed by atoms with Gasteiger partial charge in [0.1, 0.15) is 29.2 Å². The molecule has 1 N–H and O–H groups in total. The summed E-state index contributed by atoms with van der Waals surface area (Å²) in [5, 5.41) is 2.24. The topological polar surface area (TPSA) is 49.4 Å². The van der Waals surface area contributed by atoms with Gasteiger partial charge in [0.25, 0.3) is 0 Å². The van der Waals surface area contributed by atoms with Gasteiger partial charge in [-0.3, -0.25) is 9.59 Å². The van der Waals surface area contributed by atoms with Crippen LogP contribution >= 0.6 is 0 Å². The van der Waals surface area contributed by atoms with Gasteiger partial charge in [0.2, 0.25) is 11.8 Å². The minimum atomic E-state index is -1.29. The number of anilines is 1. The van der Waals surface area contributed by atoms with Crippen molar-refractivity contribution in [3.8, 4) is 0 Å². The second-order valence-corrected chi connectivity index (χ2v) is 6.12. The number of likely N-dealkylation sites (tertiary alicyclic amines) is 1. The Balaban J connectivity index is 1.91. The fourth-order valence-electron chi connectivity index (χ4n) is 3.08. The number of nitrogens with one attached hydrogen (secondary N) is 1. The molecule has 26 heavy (non-hydrogen) atoms. The lowest BCUT2D eigenvalue weighted by Gasteiger charge is -2.17. The lowest BCUT2D eigenvalue weighted by Crippen LogP contribution is -2.33. The van der Waals surface area contributed by atoms with Crippen LogP contribution in [-0.2, 0) is 9.59 Å². The molecule has 136 valence electrons. The monoisotopic (exact) mass is 366 g/mol. The van der Waals surface area contributed by atoms with Gasteiger partial charge in [-0.05, 0) is 29.8 Å². The van der Waals surface area contributed by atoms with Crippen molar-refractivity contribution in [3.63, 3.8) is 0 Å². The summed E-state index contributed by atoms with van der Waals surface area (Å²) >= 11 is 0. The van der Waals surface area contributed by atoms with Crippen LogP contribution in [0.2, 0.25) is 0 Å². The van der Waals surface area contributed by atoms with Gasteiger partial charge in [0, 0.05) is 31.6 Å². The summed E-state index contributed by atoms with van der Waals surface area (Å²) in [5.74, 6) is -6.95. The molecule has 0 saturated carbocycles. The lowest BCUT2D eigenvalue weighted by molar-refractivity contribution is -0.135. The number of benzene rings is 2. The molecule has 1 fully saturated rings. The molecule has 2 atom stereocenters. The van der Waals surface area contributed by atoms with Crippen molar-refractivity contribution in [1.82, 2.24) is 4.90 Å². The number of likely N-dealkylation sites (N-methyl/N-ethyl adjacent to an activating group) is 1. The zero-order chi connectivity index (χ0) is 19.0. The number of carbonyl (C=O) groups is 2. The fourth-order valence-corrected chi connectivity index (χ4v) is 3.08. The molecular weight excluding hydrogens is 352 g/mol. The van der Waals surface area contributed by atoms with Gasteiger partial charge in [0.05, 0.1) is 5.69 Å². The molecule has 1 saturated heterocycles. The first kappa shape index (κ1) is 17.9. The van der Waals surface area contributed by atoms with Crippen molar-refractivity contribution in [1.29, 1.82) is 0 Å². The first-order chi connectivity index (χ1) is 12.3. The van der Waals surface area contributed by atoms with Crippen LogP contribution < -0.4 is 5.32 Å². The molecule has 1 aliphatic heterocycles. The van der Waals surface area contributed by atoms with E-state index in [0.29, 0.717) is 12.1 Å². The van der Waals surface area contributed by atoms with Crippen molar-refractivity contribution < 1.29 is 27.2 Å². The largest absolute Gasteiger partial charge is 0.344 e. The van der Waals surface area contributed by atoms with E-state index >= 15 is 0 Å². The van der Waals surface area contributed by atoms with Gasteiger partial charge in [-0.2, -0.15) is 0 Å². The van der Waals surface area contributed by atoms with Crippen LogP contribution in [0.1, 0.15) is 11.5 Å². The Labute approximate surface area is 146 Å². The van der Waals surface area contributed by atoms with E-state index in [4.69, 9.17) is 0 Å². The summed E-state index contributed by atoms with van der Waals surface area (Å²) in [6.45, 7) is 0.0751. The third-order valence-corrected chi connectivity index (χ3v) is 4.30. The van der Waals surface area contributed by atoms with Crippen LogP contribution in [0.5, 0.6) is 0 Å². The van der Waals surface area contributed by atoms with Gasteiger partial charge in [-0.1, -0.05) is 0 Å². The molecule has 2 aromatic carbocycles. The van der Waals surface area contributed by atoms with E-state index in [2.05, 4.69) is 5.32 Å². The fraction of sp³-hybridized carbons (Fsp3) is 0.222. The molecule has 2 amide bonds. The van der Waals surface area contributed by atoms with Crippen LogP contribution in [-0.4, -0.2) is 30.3 Å². The highest BCUT2D eigenvalue weighted by Gasteiger charge is 2.44. The zero-order valence-corrected chi connectivity index (χ0v) is 13.6. The molecule has 1 heterocycles. The number of halogens is 4. The number of hydrogen-bond donors (Lipinski definition) is 1. The lowest BCUT2D eigenvalue weighted by atomic mass is 9.87. The first-order valence-corrected chi connectivity index (χ1v) is 7.73. The van der Waals surface area contributed by atoms with Crippen LogP contribution in [0.4, 0.5) is 23.2 Å². The predicted molar refractivity (Wildman–Crippen MR) is 85.2 cm³/mol. The minimum Gasteiger partial charge on any atom is -0.344 e. The Kier molecular flexibility index (Phi) is 4.67. The number of amides is 2. The maximum Gasteiger partial charge on any atom is 0.237 e. The third kappa shape index (κ3) is 3.40. The Morgan fingerprint density at radius 2 is 1.69 bits per heavy atom. The molecule has 4 nitrogen and oxygen atoms in total. The van der Waals surface area contributed by atoms with E-state index in [9.17, 15) is 27.2 Å². The maximum atomic E-state index is 13.7. The van der Waals surface area contributed by atoms with Gasteiger partial charge in [-0.25, -0.2) is 17.6 Å². The molecule has 2 aromatic rings. The SMILES string of the molecule is CN1CC(c2cc(F)cc(F)c2)C(C(=O)Nc2ccc(F)cc2F)C1=O. The van der Waals surface area contributed by atoms with Crippen molar-refractivity contribution in [3.05, 3.63) is 65.2 Å². The molecule has 0 aliphatic carbocycles. The van der Waals surface area contributed by atoms with Gasteiger partial charge in [-0.15, -0.1) is 0 Å². The second-order valence-electron chi connectivity index (χ2n) is 6.12. The van der Waals surface area contributed by atoms with Crippen LogP contribution in [0.3, 0.4) is 0 Å². The number of hydrogen-bond acceptors (Lipinski definition) is 2. The molecular formula is C18H14F4N2O2. The highest BCUT2D eigenvalue weighted by atomic mass is 19.1. The first-order valence-electron chi connectivity index (χ1n) is 7.73. The average molecular weight is 366 g/mol. The van der Waals surface area contributed by atoms with E-state index < -0.39 is 46.9 Å². The van der Waals surface area contributed by atoms with Crippen LogP contribution in [0, 0.1) is 29.2 Å². The molecule has 0 aromatic heterocycles. The standard InChI is InChI=1S/C18H14F4N2O2/c1-24-8-13(9-4-11(20)6-12(21)5-9)16(18(24)26)17(25)23-15-3-2-10(19)7-14(15)22/h2-7,13,16H,8H2,1H3,(H,23,25). The summed E-state index contributed by atoms with van der Waals surface area (Å²) in [7, 11) is 1.46. The summed E-state index contributed by atoms with van der Waals surface area (Å²) in [5.41, 5.74) is -0.136. The van der Waals surface area contributed by atoms with Crippen molar-refractivity contribution in [2.75, 3.05) is 18.9 Å². The van der Waals surface area contributed by atoms with Gasteiger partial charge in [0.15, 0.2) is 0 Å². The van der Waals surface area contributed by atoms with E-state index in [-0.39, 0.29) is 17.8 Å². The van der Waals surface area contributed by atoms with Crippen molar-refractivity contribution >= 4 is 17.5 Å². The number of carbonyl (C=O) groups excluding carboxylic acids is 2. The Morgan fingerprint density at radius 1 is 1.04 bits per heavy atom. The van der Waals surface area contributed by atoms with Crippen LogP contribution in [0.25, 0.3) is 0 Å². The number of rotatable bonds is 3. The quantitative estimate of drug-likeness (QED) is 0.671. The molecule has 0 radical (unpaired) electrons. The molecule has 1 aliphatic rings. The second kappa shape index (κ2) is 6.78. The summed E-state index contributed by atoms with van der Waals surface area (Å²) in [4.78, 5) is 26.2. The Hall–Kier alpha value is -2.90. The molecule has 0 bridgehead atoms. The summed E-state index contributed by atoms with van der Waals surface area (Å²) < 4.78 is 53.8. The van der Waals surface area contributed by atoms with Gasteiger partial charge >= 0.3 is 0 Å². The summed E-state index contributed by atoms with van der Waals surface area (Å²) in [6.07, 6.45) is 0. The molecule has 2 unspecified atom stereocenters. The molecule has 3 rings (SSSR count). The van der Waals surface area contributed by atoms with Crippen molar-refractivity contribution in [2.45, 2.75) is 5.92 Å². The average Bonchev–Trinajstić information content (AvgIpc) is 2.85. The highest BCUT2D eigenvalue weighted by Crippen LogP contribution is 2.34. The van der Waals surface area contributed by atoms with E-state index in [1.54, 1.807) is 0 Å². The minimum absolute atomic E-state index is 0.0751. The highest BCUT2D eigenvalue weighted by molar-refractivity contribution is 6.08. The smallest absolute Gasteiger partial charge is 0.237 e. The van der Waals surface area contributed by atoms with E-state index in [1.165, 1.54) is 11.9 Å². The Morgan fingerprint density at radius 3 is 2.31 bits per heavy atom. The number of nitrogens with zero attached hydrogens (tertiary/aromatic N) is 1. The Bertz CT molecular complexity index is 867.